The van der Waals surface area contributed by atoms with E-state index in [0.717, 1.165) is 32.0 Å². The van der Waals surface area contributed by atoms with Crippen molar-refractivity contribution in [1.29, 1.82) is 0 Å². The SMILES string of the molecule is C1CC(OCOCC2CC2)CN1. The summed E-state index contributed by atoms with van der Waals surface area (Å²) in [6, 6.07) is 0. The Labute approximate surface area is 73.4 Å². The first-order valence-corrected chi connectivity index (χ1v) is 4.85. The largest absolute Gasteiger partial charge is 0.355 e. The summed E-state index contributed by atoms with van der Waals surface area (Å²) in [5, 5.41) is 3.25. The number of rotatable bonds is 5. The van der Waals surface area contributed by atoms with Crippen molar-refractivity contribution >= 4 is 0 Å². The Kier molecular flexibility index (Phi) is 2.98. The molecule has 70 valence electrons. The topological polar surface area (TPSA) is 30.5 Å². The predicted molar refractivity (Wildman–Crippen MR) is 45.9 cm³/mol. The fourth-order valence-electron chi connectivity index (χ4n) is 1.41. The maximum atomic E-state index is 5.50. The van der Waals surface area contributed by atoms with Gasteiger partial charge in [0.15, 0.2) is 0 Å². The molecule has 0 aromatic heterocycles. The second kappa shape index (κ2) is 4.21. The fraction of sp³-hybridized carbons (Fsp3) is 1.00. The molecule has 1 saturated carbocycles. The summed E-state index contributed by atoms with van der Waals surface area (Å²) in [7, 11) is 0. The summed E-state index contributed by atoms with van der Waals surface area (Å²) < 4.78 is 10.9. The third-order valence-electron chi connectivity index (χ3n) is 2.45. The highest BCUT2D eigenvalue weighted by molar-refractivity contribution is 4.72. The maximum Gasteiger partial charge on any atom is 0.147 e. The maximum absolute atomic E-state index is 5.50. The third-order valence-corrected chi connectivity index (χ3v) is 2.45. The molecular formula is C9H17NO2. The standard InChI is InChI=1S/C9H17NO2/c1-2-8(1)6-11-7-12-9-3-4-10-5-9/h8-10H,1-7H2. The molecule has 0 bridgehead atoms. The molecule has 2 aliphatic rings. The molecule has 1 aliphatic heterocycles. The van der Waals surface area contributed by atoms with Crippen LogP contribution in [-0.2, 0) is 9.47 Å². The van der Waals surface area contributed by atoms with Crippen LogP contribution in [0.4, 0.5) is 0 Å². The molecule has 2 rings (SSSR count). The highest BCUT2D eigenvalue weighted by Gasteiger charge is 2.21. The van der Waals surface area contributed by atoms with Crippen LogP contribution >= 0.6 is 0 Å². The lowest BCUT2D eigenvalue weighted by Gasteiger charge is -2.10. The molecule has 1 aliphatic carbocycles. The molecule has 1 atom stereocenters. The minimum atomic E-state index is 0.393. The molecule has 0 radical (unpaired) electrons. The van der Waals surface area contributed by atoms with Crippen LogP contribution in [0.2, 0.25) is 0 Å². The quantitative estimate of drug-likeness (QED) is 0.489. The Morgan fingerprint density at radius 2 is 2.17 bits per heavy atom. The van der Waals surface area contributed by atoms with Crippen molar-refractivity contribution in [3.05, 3.63) is 0 Å². The minimum absolute atomic E-state index is 0.393. The van der Waals surface area contributed by atoms with Gasteiger partial charge in [0, 0.05) is 6.54 Å². The first-order chi connectivity index (χ1) is 5.95. The summed E-state index contributed by atoms with van der Waals surface area (Å²) in [5.74, 6) is 0.843. The Bertz CT molecular complexity index is 130. The molecule has 0 aromatic rings. The third kappa shape index (κ3) is 2.73. The Morgan fingerprint density at radius 3 is 2.83 bits per heavy atom. The molecule has 1 unspecified atom stereocenters. The normalized spacial score (nSPS) is 29.5. The lowest BCUT2D eigenvalue weighted by atomic mass is 10.3. The van der Waals surface area contributed by atoms with Gasteiger partial charge in [0.1, 0.15) is 6.79 Å². The van der Waals surface area contributed by atoms with Crippen LogP contribution in [0.25, 0.3) is 0 Å². The zero-order valence-electron chi connectivity index (χ0n) is 7.42. The molecule has 0 aromatic carbocycles. The zero-order valence-corrected chi connectivity index (χ0v) is 7.42. The fourth-order valence-corrected chi connectivity index (χ4v) is 1.41. The van der Waals surface area contributed by atoms with E-state index in [2.05, 4.69) is 5.32 Å². The van der Waals surface area contributed by atoms with E-state index in [1.807, 2.05) is 0 Å². The van der Waals surface area contributed by atoms with Gasteiger partial charge in [0.25, 0.3) is 0 Å². The molecule has 2 fully saturated rings. The van der Waals surface area contributed by atoms with E-state index in [1.165, 1.54) is 12.8 Å². The summed E-state index contributed by atoms with van der Waals surface area (Å²) >= 11 is 0. The van der Waals surface area contributed by atoms with Crippen LogP contribution in [0.15, 0.2) is 0 Å². The zero-order chi connectivity index (χ0) is 8.23. The van der Waals surface area contributed by atoms with Gasteiger partial charge in [-0.2, -0.15) is 0 Å². The second-order valence-electron chi connectivity index (χ2n) is 3.71. The van der Waals surface area contributed by atoms with Gasteiger partial charge in [0.05, 0.1) is 12.7 Å². The lowest BCUT2D eigenvalue weighted by Crippen LogP contribution is -2.18. The number of hydrogen-bond donors (Lipinski definition) is 1. The van der Waals surface area contributed by atoms with E-state index < -0.39 is 0 Å². The van der Waals surface area contributed by atoms with Crippen molar-refractivity contribution in [3.8, 4) is 0 Å². The minimum Gasteiger partial charge on any atom is -0.355 e. The molecule has 3 heteroatoms. The number of ether oxygens (including phenoxy) is 2. The smallest absolute Gasteiger partial charge is 0.147 e. The van der Waals surface area contributed by atoms with Crippen molar-refractivity contribution in [2.75, 3.05) is 26.5 Å². The van der Waals surface area contributed by atoms with E-state index in [0.29, 0.717) is 12.9 Å². The van der Waals surface area contributed by atoms with Crippen molar-refractivity contribution in [2.45, 2.75) is 25.4 Å². The van der Waals surface area contributed by atoms with Crippen molar-refractivity contribution in [3.63, 3.8) is 0 Å². The average molecular weight is 171 g/mol. The van der Waals surface area contributed by atoms with Gasteiger partial charge in [-0.05, 0) is 31.7 Å². The number of hydrogen-bond acceptors (Lipinski definition) is 3. The second-order valence-corrected chi connectivity index (χ2v) is 3.71. The molecule has 3 nitrogen and oxygen atoms in total. The molecule has 1 saturated heterocycles. The van der Waals surface area contributed by atoms with Gasteiger partial charge in [0.2, 0.25) is 0 Å². The summed E-state index contributed by atoms with van der Waals surface area (Å²) in [6.45, 7) is 3.48. The van der Waals surface area contributed by atoms with E-state index in [9.17, 15) is 0 Å². The van der Waals surface area contributed by atoms with Crippen LogP contribution in [0.5, 0.6) is 0 Å². The lowest BCUT2D eigenvalue weighted by molar-refractivity contribution is -0.0857. The van der Waals surface area contributed by atoms with Gasteiger partial charge in [-0.25, -0.2) is 0 Å². The van der Waals surface area contributed by atoms with Crippen molar-refractivity contribution < 1.29 is 9.47 Å². The summed E-state index contributed by atoms with van der Waals surface area (Å²) in [6.07, 6.45) is 4.23. The van der Waals surface area contributed by atoms with Gasteiger partial charge >= 0.3 is 0 Å². The molecular weight excluding hydrogens is 154 g/mol. The molecule has 0 spiro atoms. The summed E-state index contributed by atoms with van der Waals surface area (Å²) in [4.78, 5) is 0. The van der Waals surface area contributed by atoms with Gasteiger partial charge < -0.3 is 14.8 Å². The molecule has 12 heavy (non-hydrogen) atoms. The Balaban J connectivity index is 1.44. The average Bonchev–Trinajstić information content (AvgIpc) is 2.76. The monoisotopic (exact) mass is 171 g/mol. The number of nitrogens with one attached hydrogen (secondary N) is 1. The van der Waals surface area contributed by atoms with Gasteiger partial charge in [-0.15, -0.1) is 0 Å². The van der Waals surface area contributed by atoms with Crippen molar-refractivity contribution in [2.24, 2.45) is 5.92 Å². The molecule has 0 amide bonds. The van der Waals surface area contributed by atoms with Crippen LogP contribution in [0.3, 0.4) is 0 Å². The predicted octanol–water partition coefficient (Wildman–Crippen LogP) is 0.749. The van der Waals surface area contributed by atoms with Crippen LogP contribution in [0.1, 0.15) is 19.3 Å². The van der Waals surface area contributed by atoms with E-state index in [-0.39, 0.29) is 0 Å². The van der Waals surface area contributed by atoms with E-state index >= 15 is 0 Å². The highest BCUT2D eigenvalue weighted by Crippen LogP contribution is 2.28. The van der Waals surface area contributed by atoms with Crippen LogP contribution in [0, 0.1) is 5.92 Å². The van der Waals surface area contributed by atoms with Gasteiger partial charge in [-0.3, -0.25) is 0 Å². The van der Waals surface area contributed by atoms with Crippen molar-refractivity contribution in [1.82, 2.24) is 5.32 Å². The highest BCUT2D eigenvalue weighted by atomic mass is 16.7. The molecule has 1 heterocycles. The van der Waals surface area contributed by atoms with E-state index in [1.54, 1.807) is 0 Å². The Hall–Kier alpha value is -0.120. The molecule has 1 N–H and O–H groups in total. The Morgan fingerprint density at radius 1 is 1.25 bits per heavy atom. The first-order valence-electron chi connectivity index (χ1n) is 4.85. The van der Waals surface area contributed by atoms with Crippen LogP contribution in [-0.4, -0.2) is 32.6 Å². The van der Waals surface area contributed by atoms with E-state index in [4.69, 9.17) is 9.47 Å². The summed E-state index contributed by atoms with van der Waals surface area (Å²) in [5.41, 5.74) is 0. The van der Waals surface area contributed by atoms with Gasteiger partial charge in [-0.1, -0.05) is 0 Å². The first kappa shape index (κ1) is 8.48. The van der Waals surface area contributed by atoms with Crippen LogP contribution < -0.4 is 5.32 Å².